The van der Waals surface area contributed by atoms with Gasteiger partial charge in [-0.25, -0.2) is 0 Å². The van der Waals surface area contributed by atoms with Crippen LogP contribution >= 0.6 is 0 Å². The molecule has 0 bridgehead atoms. The summed E-state index contributed by atoms with van der Waals surface area (Å²) in [6, 6.07) is -0.478. The standard InChI is InChI=1S/C9H20N2O2/c1-11-4-2-7(3-5-11)6-8(10)9(12)13/h7-9,12-13H,2-6,10H2,1H3. The van der Waals surface area contributed by atoms with E-state index in [2.05, 4.69) is 11.9 Å². The average Bonchev–Trinajstić information content (AvgIpc) is 2.08. The summed E-state index contributed by atoms with van der Waals surface area (Å²) in [4.78, 5) is 2.29. The van der Waals surface area contributed by atoms with Gasteiger partial charge in [0, 0.05) is 0 Å². The van der Waals surface area contributed by atoms with E-state index in [0.29, 0.717) is 5.92 Å². The van der Waals surface area contributed by atoms with Gasteiger partial charge >= 0.3 is 0 Å². The number of piperidine rings is 1. The fourth-order valence-electron chi connectivity index (χ4n) is 1.80. The molecule has 0 aromatic heterocycles. The normalized spacial score (nSPS) is 23.8. The number of rotatable bonds is 3. The molecular formula is C9H20N2O2. The zero-order chi connectivity index (χ0) is 9.84. The van der Waals surface area contributed by atoms with Crippen LogP contribution in [-0.2, 0) is 0 Å². The molecule has 0 aliphatic carbocycles. The van der Waals surface area contributed by atoms with Crippen LogP contribution in [0.4, 0.5) is 0 Å². The summed E-state index contributed by atoms with van der Waals surface area (Å²) in [6.07, 6.45) is 1.61. The minimum atomic E-state index is -1.36. The lowest BCUT2D eigenvalue weighted by atomic mass is 9.90. The second-order valence-corrected chi connectivity index (χ2v) is 4.06. The van der Waals surface area contributed by atoms with Crippen LogP contribution in [-0.4, -0.2) is 47.6 Å². The maximum atomic E-state index is 8.82. The second-order valence-electron chi connectivity index (χ2n) is 4.06. The molecule has 1 rings (SSSR count). The van der Waals surface area contributed by atoms with Gasteiger partial charge in [0.05, 0.1) is 6.04 Å². The molecule has 4 heteroatoms. The van der Waals surface area contributed by atoms with Gasteiger partial charge in [0.1, 0.15) is 0 Å². The third-order valence-electron chi connectivity index (χ3n) is 2.83. The Morgan fingerprint density at radius 2 is 1.92 bits per heavy atom. The van der Waals surface area contributed by atoms with Gasteiger partial charge in [-0.05, 0) is 45.3 Å². The van der Waals surface area contributed by atoms with Crippen molar-refractivity contribution < 1.29 is 10.2 Å². The summed E-state index contributed by atoms with van der Waals surface area (Å²) in [6.45, 7) is 2.19. The first-order chi connectivity index (χ1) is 6.09. The fraction of sp³-hybridized carbons (Fsp3) is 1.00. The SMILES string of the molecule is CN1CCC(CC(N)C(O)O)CC1. The highest BCUT2D eigenvalue weighted by Crippen LogP contribution is 2.20. The largest absolute Gasteiger partial charge is 0.367 e. The number of nitrogens with two attached hydrogens (primary N) is 1. The summed E-state index contributed by atoms with van der Waals surface area (Å²) in [5.74, 6) is 0.563. The maximum absolute atomic E-state index is 8.82. The van der Waals surface area contributed by atoms with Crippen molar-refractivity contribution in [2.75, 3.05) is 20.1 Å². The minimum Gasteiger partial charge on any atom is -0.367 e. The molecule has 0 spiro atoms. The number of likely N-dealkylation sites (tertiary alicyclic amines) is 1. The zero-order valence-corrected chi connectivity index (χ0v) is 8.19. The Labute approximate surface area is 79.3 Å². The number of nitrogens with zero attached hydrogens (tertiary/aromatic N) is 1. The minimum absolute atomic E-state index is 0.478. The molecular weight excluding hydrogens is 168 g/mol. The summed E-state index contributed by atoms with van der Waals surface area (Å²) >= 11 is 0. The number of hydrogen-bond acceptors (Lipinski definition) is 4. The van der Waals surface area contributed by atoms with E-state index in [0.717, 1.165) is 32.4 Å². The molecule has 0 aromatic rings. The van der Waals surface area contributed by atoms with E-state index in [-0.39, 0.29) is 0 Å². The summed E-state index contributed by atoms with van der Waals surface area (Å²) in [7, 11) is 2.11. The number of aliphatic hydroxyl groups excluding tert-OH is 1. The Hall–Kier alpha value is -0.160. The molecule has 1 heterocycles. The van der Waals surface area contributed by atoms with Crippen molar-refractivity contribution in [3.8, 4) is 0 Å². The van der Waals surface area contributed by atoms with Crippen molar-refractivity contribution in [3.05, 3.63) is 0 Å². The number of aliphatic hydroxyl groups is 2. The molecule has 1 fully saturated rings. The van der Waals surface area contributed by atoms with Crippen LogP contribution in [0.3, 0.4) is 0 Å². The maximum Gasteiger partial charge on any atom is 0.166 e. The lowest BCUT2D eigenvalue weighted by Gasteiger charge is -2.30. The highest BCUT2D eigenvalue weighted by Gasteiger charge is 2.21. The van der Waals surface area contributed by atoms with Gasteiger partial charge < -0.3 is 20.8 Å². The first-order valence-electron chi connectivity index (χ1n) is 4.90. The molecule has 4 nitrogen and oxygen atoms in total. The summed E-state index contributed by atoms with van der Waals surface area (Å²) in [5, 5.41) is 17.6. The van der Waals surface area contributed by atoms with Gasteiger partial charge in [-0.1, -0.05) is 0 Å². The van der Waals surface area contributed by atoms with Gasteiger partial charge in [0.25, 0.3) is 0 Å². The van der Waals surface area contributed by atoms with Crippen molar-refractivity contribution in [2.24, 2.45) is 11.7 Å². The zero-order valence-electron chi connectivity index (χ0n) is 8.19. The highest BCUT2D eigenvalue weighted by atomic mass is 16.5. The van der Waals surface area contributed by atoms with E-state index in [1.165, 1.54) is 0 Å². The van der Waals surface area contributed by atoms with Crippen LogP contribution in [0.5, 0.6) is 0 Å². The Morgan fingerprint density at radius 3 is 2.38 bits per heavy atom. The summed E-state index contributed by atoms with van der Waals surface area (Å²) < 4.78 is 0. The van der Waals surface area contributed by atoms with Crippen molar-refractivity contribution >= 4 is 0 Å². The molecule has 78 valence electrons. The van der Waals surface area contributed by atoms with Gasteiger partial charge in [0.2, 0.25) is 0 Å². The van der Waals surface area contributed by atoms with Gasteiger partial charge in [0.15, 0.2) is 6.29 Å². The molecule has 4 N–H and O–H groups in total. The third kappa shape index (κ3) is 3.60. The van der Waals surface area contributed by atoms with Crippen LogP contribution in [0.15, 0.2) is 0 Å². The smallest absolute Gasteiger partial charge is 0.166 e. The molecule has 1 aliphatic heterocycles. The lowest BCUT2D eigenvalue weighted by Crippen LogP contribution is -2.39. The van der Waals surface area contributed by atoms with Gasteiger partial charge in [-0.15, -0.1) is 0 Å². The molecule has 0 amide bonds. The Kier molecular flexibility index (Phi) is 4.12. The quantitative estimate of drug-likeness (QED) is 0.515. The van der Waals surface area contributed by atoms with E-state index in [1.807, 2.05) is 0 Å². The number of hydrogen-bond donors (Lipinski definition) is 3. The fourth-order valence-corrected chi connectivity index (χ4v) is 1.80. The van der Waals surface area contributed by atoms with Crippen molar-refractivity contribution in [1.29, 1.82) is 0 Å². The van der Waals surface area contributed by atoms with E-state index in [1.54, 1.807) is 0 Å². The Balaban J connectivity index is 2.22. The predicted molar refractivity (Wildman–Crippen MR) is 51.0 cm³/mol. The summed E-state index contributed by atoms with van der Waals surface area (Å²) in [5.41, 5.74) is 5.57. The predicted octanol–water partition coefficient (Wildman–Crippen LogP) is -0.644. The van der Waals surface area contributed by atoms with Crippen molar-refractivity contribution in [2.45, 2.75) is 31.6 Å². The topological polar surface area (TPSA) is 69.7 Å². The molecule has 1 aliphatic rings. The Morgan fingerprint density at radius 1 is 1.38 bits per heavy atom. The average molecular weight is 188 g/mol. The van der Waals surface area contributed by atoms with Crippen LogP contribution < -0.4 is 5.73 Å². The molecule has 1 atom stereocenters. The van der Waals surface area contributed by atoms with Crippen LogP contribution in [0.2, 0.25) is 0 Å². The second kappa shape index (κ2) is 4.91. The van der Waals surface area contributed by atoms with Crippen LogP contribution in [0.25, 0.3) is 0 Å². The lowest BCUT2D eigenvalue weighted by molar-refractivity contribution is -0.0638. The van der Waals surface area contributed by atoms with Crippen LogP contribution in [0, 0.1) is 5.92 Å². The molecule has 0 aromatic carbocycles. The van der Waals surface area contributed by atoms with Crippen molar-refractivity contribution in [1.82, 2.24) is 4.90 Å². The Bertz CT molecular complexity index is 145. The molecule has 0 saturated carbocycles. The highest BCUT2D eigenvalue weighted by molar-refractivity contribution is 4.75. The first kappa shape index (κ1) is 10.9. The van der Waals surface area contributed by atoms with E-state index in [9.17, 15) is 0 Å². The van der Waals surface area contributed by atoms with Gasteiger partial charge in [-0.2, -0.15) is 0 Å². The van der Waals surface area contributed by atoms with Gasteiger partial charge in [-0.3, -0.25) is 0 Å². The molecule has 1 saturated heterocycles. The van der Waals surface area contributed by atoms with Crippen LogP contribution in [0.1, 0.15) is 19.3 Å². The molecule has 1 unspecified atom stereocenters. The first-order valence-corrected chi connectivity index (χ1v) is 4.90. The molecule has 13 heavy (non-hydrogen) atoms. The third-order valence-corrected chi connectivity index (χ3v) is 2.83. The van der Waals surface area contributed by atoms with Crippen molar-refractivity contribution in [3.63, 3.8) is 0 Å². The monoisotopic (exact) mass is 188 g/mol. The van der Waals surface area contributed by atoms with E-state index in [4.69, 9.17) is 15.9 Å². The van der Waals surface area contributed by atoms with E-state index < -0.39 is 12.3 Å². The van der Waals surface area contributed by atoms with E-state index >= 15 is 0 Å². The molecule has 0 radical (unpaired) electrons.